The van der Waals surface area contributed by atoms with Crippen molar-refractivity contribution in [3.8, 4) is 0 Å². The van der Waals surface area contributed by atoms with Gasteiger partial charge in [0.2, 0.25) is 0 Å². The van der Waals surface area contributed by atoms with Gasteiger partial charge in [0, 0.05) is 16.3 Å². The number of halogens is 1. The van der Waals surface area contributed by atoms with Gasteiger partial charge in [-0.3, -0.25) is 9.69 Å². The predicted octanol–water partition coefficient (Wildman–Crippen LogP) is 4.53. The van der Waals surface area contributed by atoms with Gasteiger partial charge in [0.15, 0.2) is 0 Å². The molecular formula is C21H32BrNO2. The molecule has 2 heterocycles. The Hall–Kier alpha value is -0.0900. The van der Waals surface area contributed by atoms with Gasteiger partial charge in [-0.1, -0.05) is 22.4 Å². The molecule has 0 N–H and O–H groups in total. The van der Waals surface area contributed by atoms with E-state index in [4.69, 9.17) is 4.74 Å². The summed E-state index contributed by atoms with van der Waals surface area (Å²) in [5, 5.41) is 0. The van der Waals surface area contributed by atoms with Crippen LogP contribution in [0.2, 0.25) is 0 Å². The molecule has 4 aliphatic carbocycles. The van der Waals surface area contributed by atoms with Gasteiger partial charge in [0.25, 0.3) is 0 Å². The first-order valence-corrected chi connectivity index (χ1v) is 11.4. The van der Waals surface area contributed by atoms with Crippen LogP contribution in [0.1, 0.15) is 70.6 Å². The molecule has 0 spiro atoms. The van der Waals surface area contributed by atoms with E-state index >= 15 is 0 Å². The molecule has 0 aromatic heterocycles. The molecule has 3 nitrogen and oxygen atoms in total. The second-order valence-corrected chi connectivity index (χ2v) is 11.7. The van der Waals surface area contributed by atoms with Crippen LogP contribution < -0.4 is 0 Å². The lowest BCUT2D eigenvalue weighted by Crippen LogP contribution is -2.56. The van der Waals surface area contributed by atoms with E-state index in [9.17, 15) is 4.79 Å². The van der Waals surface area contributed by atoms with Crippen LogP contribution in [0.15, 0.2) is 0 Å². The number of fused-ring (bicyclic) bond motifs is 1. The second kappa shape index (κ2) is 6.22. The highest BCUT2D eigenvalue weighted by atomic mass is 79.9. The van der Waals surface area contributed by atoms with Crippen molar-refractivity contribution in [2.24, 2.45) is 23.2 Å². The zero-order valence-electron chi connectivity index (χ0n) is 15.4. The Bertz CT molecular complexity index is 534. The lowest BCUT2D eigenvalue weighted by Gasteiger charge is -2.58. The van der Waals surface area contributed by atoms with Crippen molar-refractivity contribution in [3.05, 3.63) is 0 Å². The average molecular weight is 410 g/mol. The van der Waals surface area contributed by atoms with Gasteiger partial charge in [0.1, 0.15) is 0 Å². The molecule has 6 rings (SSSR count). The fourth-order valence-electron chi connectivity index (χ4n) is 7.50. The molecule has 0 aromatic carbocycles. The third-order valence-corrected chi connectivity index (χ3v) is 9.01. The van der Waals surface area contributed by atoms with Crippen LogP contribution in [0.25, 0.3) is 0 Å². The van der Waals surface area contributed by atoms with Crippen molar-refractivity contribution in [1.82, 2.24) is 4.90 Å². The molecule has 0 radical (unpaired) electrons. The zero-order chi connectivity index (χ0) is 17.1. The predicted molar refractivity (Wildman–Crippen MR) is 102 cm³/mol. The lowest BCUT2D eigenvalue weighted by atomic mass is 9.49. The van der Waals surface area contributed by atoms with Crippen LogP contribution in [0.3, 0.4) is 0 Å². The van der Waals surface area contributed by atoms with Gasteiger partial charge < -0.3 is 4.74 Å². The first-order valence-electron chi connectivity index (χ1n) is 10.7. The third kappa shape index (κ3) is 2.99. The molecule has 4 saturated carbocycles. The maximum Gasteiger partial charge on any atom is 0.312 e. The summed E-state index contributed by atoms with van der Waals surface area (Å²) >= 11 is 4.02. The Morgan fingerprint density at radius 1 is 1.04 bits per heavy atom. The smallest absolute Gasteiger partial charge is 0.312 e. The van der Waals surface area contributed by atoms with E-state index in [1.54, 1.807) is 0 Å². The zero-order valence-corrected chi connectivity index (χ0v) is 16.9. The van der Waals surface area contributed by atoms with E-state index in [1.807, 2.05) is 0 Å². The normalized spacial score (nSPS) is 49.0. The van der Waals surface area contributed by atoms with Crippen molar-refractivity contribution in [1.29, 1.82) is 0 Å². The summed E-state index contributed by atoms with van der Waals surface area (Å²) in [5.41, 5.74) is -0.158. The first kappa shape index (κ1) is 17.0. The first-order chi connectivity index (χ1) is 12.1. The number of hydrogen-bond donors (Lipinski definition) is 0. The van der Waals surface area contributed by atoms with Gasteiger partial charge in [-0.05, 0) is 89.1 Å². The van der Waals surface area contributed by atoms with Gasteiger partial charge in [-0.25, -0.2) is 0 Å². The Morgan fingerprint density at radius 3 is 2.56 bits per heavy atom. The molecule has 2 saturated heterocycles. The number of alkyl halides is 1. The number of piperidine rings is 2. The standard InChI is InChI=1S/C21H32BrNO2/c22-21-11-15-8-16(12-21)10-20(9-15,14-21)19(24)25-13-17-4-3-7-23-6-2-1-5-18(17)23/h15-18H,1-14H2/t15?,16?,17-,18+,20?,21?/m1/s1. The highest BCUT2D eigenvalue weighted by Crippen LogP contribution is 2.64. The number of hydrogen-bond acceptors (Lipinski definition) is 3. The molecule has 4 heteroatoms. The molecule has 0 amide bonds. The van der Waals surface area contributed by atoms with E-state index in [0.717, 1.165) is 31.1 Å². The third-order valence-electron chi connectivity index (χ3n) is 8.08. The average Bonchev–Trinajstić information content (AvgIpc) is 2.57. The van der Waals surface area contributed by atoms with Crippen molar-refractivity contribution in [2.75, 3.05) is 19.7 Å². The Kier molecular flexibility index (Phi) is 4.24. The van der Waals surface area contributed by atoms with E-state index in [0.29, 0.717) is 18.6 Å². The summed E-state index contributed by atoms with van der Waals surface area (Å²) in [4.78, 5) is 15.9. The van der Waals surface area contributed by atoms with E-state index < -0.39 is 0 Å². The topological polar surface area (TPSA) is 29.5 Å². The van der Waals surface area contributed by atoms with Crippen molar-refractivity contribution < 1.29 is 9.53 Å². The molecule has 2 aliphatic heterocycles. The highest BCUT2D eigenvalue weighted by molar-refractivity contribution is 9.10. The summed E-state index contributed by atoms with van der Waals surface area (Å²) in [5.74, 6) is 2.22. The van der Waals surface area contributed by atoms with Gasteiger partial charge >= 0.3 is 5.97 Å². The molecule has 0 aromatic rings. The quantitative estimate of drug-likeness (QED) is 0.506. The van der Waals surface area contributed by atoms with Crippen LogP contribution in [0, 0.1) is 23.2 Å². The van der Waals surface area contributed by atoms with Crippen molar-refractivity contribution >= 4 is 21.9 Å². The summed E-state index contributed by atoms with van der Waals surface area (Å²) < 4.78 is 6.31. The Labute approximate surface area is 160 Å². The van der Waals surface area contributed by atoms with Crippen LogP contribution in [-0.4, -0.2) is 40.9 Å². The van der Waals surface area contributed by atoms with E-state index in [1.165, 1.54) is 64.5 Å². The largest absolute Gasteiger partial charge is 0.465 e. The Morgan fingerprint density at radius 2 is 1.80 bits per heavy atom. The summed E-state index contributed by atoms with van der Waals surface area (Å²) in [6, 6.07) is 0.675. The van der Waals surface area contributed by atoms with Gasteiger partial charge in [-0.15, -0.1) is 0 Å². The fraction of sp³-hybridized carbons (Fsp3) is 0.952. The number of rotatable bonds is 3. The van der Waals surface area contributed by atoms with Gasteiger partial charge in [-0.2, -0.15) is 0 Å². The van der Waals surface area contributed by atoms with E-state index in [-0.39, 0.29) is 15.7 Å². The van der Waals surface area contributed by atoms with Crippen LogP contribution in [0.4, 0.5) is 0 Å². The van der Waals surface area contributed by atoms with Crippen LogP contribution >= 0.6 is 15.9 Å². The molecule has 6 fully saturated rings. The summed E-state index contributed by atoms with van der Waals surface area (Å²) in [7, 11) is 0. The summed E-state index contributed by atoms with van der Waals surface area (Å²) in [6.45, 7) is 3.19. The lowest BCUT2D eigenvalue weighted by molar-refractivity contribution is -0.172. The highest BCUT2D eigenvalue weighted by Gasteiger charge is 2.60. The molecule has 4 atom stereocenters. The van der Waals surface area contributed by atoms with Crippen LogP contribution in [0.5, 0.6) is 0 Å². The number of carbonyl (C=O) groups excluding carboxylic acids is 1. The molecule has 2 unspecified atom stereocenters. The van der Waals surface area contributed by atoms with Gasteiger partial charge in [0.05, 0.1) is 12.0 Å². The number of nitrogens with zero attached hydrogens (tertiary/aromatic N) is 1. The molecule has 25 heavy (non-hydrogen) atoms. The Balaban J connectivity index is 1.25. The minimum Gasteiger partial charge on any atom is -0.465 e. The molecular weight excluding hydrogens is 378 g/mol. The minimum absolute atomic E-state index is 0.151. The van der Waals surface area contributed by atoms with E-state index in [2.05, 4.69) is 20.8 Å². The maximum absolute atomic E-state index is 13.2. The van der Waals surface area contributed by atoms with Crippen LogP contribution in [-0.2, 0) is 9.53 Å². The fourth-order valence-corrected chi connectivity index (χ4v) is 8.95. The van der Waals surface area contributed by atoms with Crippen molar-refractivity contribution in [3.63, 3.8) is 0 Å². The number of esters is 1. The SMILES string of the molecule is O=C(OC[C@H]1CCCN2CCCC[C@@H]12)C12CC3CC(CC(Br)(C3)C1)C2. The molecule has 140 valence electrons. The van der Waals surface area contributed by atoms with Crippen molar-refractivity contribution in [2.45, 2.75) is 81.0 Å². The maximum atomic E-state index is 13.2. The molecule has 4 bridgehead atoms. The number of carbonyl (C=O) groups is 1. The summed E-state index contributed by atoms with van der Waals surface area (Å²) in [6.07, 6.45) is 13.6. The number of ether oxygens (including phenoxy) is 1. The minimum atomic E-state index is -0.158. The monoisotopic (exact) mass is 409 g/mol. The second-order valence-electron chi connectivity index (χ2n) is 9.99. The molecule has 6 aliphatic rings.